The summed E-state index contributed by atoms with van der Waals surface area (Å²) in [5, 5.41) is 1.36. The molecule has 7 heteroatoms. The van der Waals surface area contributed by atoms with E-state index >= 15 is 0 Å². The van der Waals surface area contributed by atoms with Crippen molar-refractivity contribution in [2.45, 2.75) is 31.2 Å². The Kier molecular flexibility index (Phi) is 7.45. The second-order valence-corrected chi connectivity index (χ2v) is 9.97. The average molecular weight is 485 g/mol. The maximum absolute atomic E-state index is 13.2. The Balaban J connectivity index is 1.49. The topological polar surface area (TPSA) is 33.2 Å². The van der Waals surface area contributed by atoms with Gasteiger partial charge in [-0.15, -0.1) is 11.8 Å². The highest BCUT2D eigenvalue weighted by molar-refractivity contribution is 7.99. The molecule has 4 aromatic rings. The van der Waals surface area contributed by atoms with Gasteiger partial charge in [-0.25, -0.2) is 9.37 Å². The molecule has 0 bridgehead atoms. The van der Waals surface area contributed by atoms with Crippen LogP contribution >= 0.6 is 34.7 Å². The van der Waals surface area contributed by atoms with E-state index in [1.54, 1.807) is 28.8 Å². The molecular weight excluding hydrogens is 463 g/mol. The van der Waals surface area contributed by atoms with Gasteiger partial charge < -0.3 is 0 Å². The van der Waals surface area contributed by atoms with Crippen LogP contribution in [-0.4, -0.2) is 16.6 Å². The van der Waals surface area contributed by atoms with Gasteiger partial charge in [-0.2, -0.15) is 0 Å². The van der Waals surface area contributed by atoms with Crippen LogP contribution in [0.15, 0.2) is 71.6 Å². The lowest BCUT2D eigenvalue weighted by molar-refractivity contribution is -0.118. The number of anilines is 1. The van der Waals surface area contributed by atoms with Crippen molar-refractivity contribution in [1.29, 1.82) is 0 Å². The maximum atomic E-state index is 13.2. The smallest absolute Gasteiger partial charge is 0.229 e. The van der Waals surface area contributed by atoms with E-state index in [0.29, 0.717) is 23.1 Å². The molecule has 4 rings (SSSR count). The highest BCUT2D eigenvalue weighted by Gasteiger charge is 2.21. The van der Waals surface area contributed by atoms with Gasteiger partial charge in [0.1, 0.15) is 5.82 Å². The molecule has 0 atom stereocenters. The number of aromatic nitrogens is 1. The fourth-order valence-electron chi connectivity index (χ4n) is 3.31. The molecule has 3 nitrogen and oxygen atoms in total. The third kappa shape index (κ3) is 5.49. The third-order valence-corrected chi connectivity index (χ3v) is 7.62. The normalized spacial score (nSPS) is 11.1. The molecule has 0 fully saturated rings. The number of fused-ring (bicyclic) bond motifs is 1. The molecule has 164 valence electrons. The summed E-state index contributed by atoms with van der Waals surface area (Å²) >= 11 is 9.41. The number of rotatable bonds is 8. The van der Waals surface area contributed by atoms with Crippen LogP contribution in [0, 0.1) is 12.7 Å². The van der Waals surface area contributed by atoms with E-state index in [1.807, 2.05) is 49.4 Å². The van der Waals surface area contributed by atoms with E-state index < -0.39 is 0 Å². The number of nitrogens with zero attached hydrogens (tertiary/aromatic N) is 2. The molecule has 32 heavy (non-hydrogen) atoms. The molecular formula is C25H22ClFN2OS2. The van der Waals surface area contributed by atoms with Crippen LogP contribution in [-0.2, 0) is 11.3 Å². The minimum atomic E-state index is -0.242. The number of carbonyl (C=O) groups is 1. The lowest BCUT2D eigenvalue weighted by Gasteiger charge is -2.20. The van der Waals surface area contributed by atoms with Crippen molar-refractivity contribution >= 4 is 56.0 Å². The summed E-state index contributed by atoms with van der Waals surface area (Å²) in [5.74, 6) is 0.579. The zero-order valence-electron chi connectivity index (χ0n) is 17.6. The number of hydrogen-bond donors (Lipinski definition) is 0. The van der Waals surface area contributed by atoms with Gasteiger partial charge in [-0.05, 0) is 66.6 Å². The number of benzene rings is 3. The minimum Gasteiger partial charge on any atom is -0.284 e. The van der Waals surface area contributed by atoms with Gasteiger partial charge in [-0.3, -0.25) is 9.69 Å². The Bertz CT molecular complexity index is 1210. The molecule has 0 saturated heterocycles. The Hall–Kier alpha value is -2.41. The van der Waals surface area contributed by atoms with Crippen molar-refractivity contribution in [3.05, 3.63) is 88.7 Å². The van der Waals surface area contributed by atoms with Crippen LogP contribution in [0.4, 0.5) is 9.52 Å². The monoisotopic (exact) mass is 484 g/mol. The van der Waals surface area contributed by atoms with Crippen molar-refractivity contribution in [1.82, 2.24) is 4.98 Å². The first-order chi connectivity index (χ1) is 15.5. The summed E-state index contributed by atoms with van der Waals surface area (Å²) < 4.78 is 14.1. The van der Waals surface area contributed by atoms with E-state index in [0.717, 1.165) is 38.4 Å². The average Bonchev–Trinajstić information content (AvgIpc) is 3.24. The highest BCUT2D eigenvalue weighted by atomic mass is 35.5. The first-order valence-corrected chi connectivity index (χ1v) is 12.5. The SMILES string of the molecule is Cc1c(Cl)ccc2sc(N(Cc3ccccc3)C(=O)CCCSc3ccc(F)cc3)nc12. The standard InChI is InChI=1S/C25H22ClFN2OS2/c1-17-21(26)13-14-22-24(17)28-25(32-22)29(16-18-6-3-2-4-7-18)23(30)8-5-15-31-20-11-9-19(27)10-12-20/h2-4,6-7,9-14H,5,8,15-16H2,1H3. The van der Waals surface area contributed by atoms with Crippen LogP contribution in [0.2, 0.25) is 5.02 Å². The molecule has 0 radical (unpaired) electrons. The van der Waals surface area contributed by atoms with E-state index in [-0.39, 0.29) is 11.7 Å². The van der Waals surface area contributed by atoms with Crippen molar-refractivity contribution < 1.29 is 9.18 Å². The number of thioether (sulfide) groups is 1. The zero-order valence-corrected chi connectivity index (χ0v) is 19.9. The van der Waals surface area contributed by atoms with E-state index in [2.05, 4.69) is 0 Å². The highest BCUT2D eigenvalue weighted by Crippen LogP contribution is 2.34. The third-order valence-electron chi connectivity index (χ3n) is 5.07. The number of aryl methyl sites for hydroxylation is 1. The summed E-state index contributed by atoms with van der Waals surface area (Å²) in [6.45, 7) is 2.42. The van der Waals surface area contributed by atoms with Gasteiger partial charge in [0.2, 0.25) is 5.91 Å². The van der Waals surface area contributed by atoms with Crippen LogP contribution < -0.4 is 4.90 Å². The largest absolute Gasteiger partial charge is 0.284 e. The van der Waals surface area contributed by atoms with E-state index in [1.165, 1.54) is 23.5 Å². The minimum absolute atomic E-state index is 0.0383. The Labute approximate surface area is 200 Å². The van der Waals surface area contributed by atoms with Gasteiger partial charge in [-0.1, -0.05) is 53.3 Å². The molecule has 0 aliphatic carbocycles. The molecule has 0 aliphatic heterocycles. The van der Waals surface area contributed by atoms with Crippen molar-refractivity contribution in [2.75, 3.05) is 10.7 Å². The predicted octanol–water partition coefficient (Wildman–Crippen LogP) is 7.50. The predicted molar refractivity (Wildman–Crippen MR) is 133 cm³/mol. The van der Waals surface area contributed by atoms with Gasteiger partial charge in [0.15, 0.2) is 5.13 Å². The Morgan fingerprint density at radius 2 is 1.84 bits per heavy atom. The van der Waals surface area contributed by atoms with Crippen molar-refractivity contribution in [3.8, 4) is 0 Å². The molecule has 1 heterocycles. The van der Waals surface area contributed by atoms with Crippen LogP contribution in [0.1, 0.15) is 24.0 Å². The zero-order chi connectivity index (χ0) is 22.5. The van der Waals surface area contributed by atoms with Crippen LogP contribution in [0.25, 0.3) is 10.2 Å². The Morgan fingerprint density at radius 1 is 1.09 bits per heavy atom. The van der Waals surface area contributed by atoms with Crippen molar-refractivity contribution in [3.63, 3.8) is 0 Å². The summed E-state index contributed by atoms with van der Waals surface area (Å²) in [7, 11) is 0. The van der Waals surface area contributed by atoms with E-state index in [9.17, 15) is 9.18 Å². The van der Waals surface area contributed by atoms with Gasteiger partial charge in [0.25, 0.3) is 0 Å². The van der Waals surface area contributed by atoms with Crippen molar-refractivity contribution in [2.24, 2.45) is 0 Å². The lowest BCUT2D eigenvalue weighted by Crippen LogP contribution is -2.30. The second kappa shape index (κ2) is 10.5. The number of thiazole rings is 1. The van der Waals surface area contributed by atoms with Crippen LogP contribution in [0.3, 0.4) is 0 Å². The van der Waals surface area contributed by atoms with Crippen LogP contribution in [0.5, 0.6) is 0 Å². The maximum Gasteiger partial charge on any atom is 0.229 e. The summed E-state index contributed by atoms with van der Waals surface area (Å²) in [5.41, 5.74) is 2.82. The molecule has 0 spiro atoms. The summed E-state index contributed by atoms with van der Waals surface area (Å²) in [6, 6.07) is 20.2. The molecule has 0 unspecified atom stereocenters. The first kappa shape index (κ1) is 22.8. The fraction of sp³-hybridized carbons (Fsp3) is 0.200. The Morgan fingerprint density at radius 3 is 2.59 bits per heavy atom. The summed E-state index contributed by atoms with van der Waals surface area (Å²) in [4.78, 5) is 20.8. The second-order valence-electron chi connectivity index (χ2n) is 7.39. The first-order valence-electron chi connectivity index (χ1n) is 10.3. The molecule has 0 saturated carbocycles. The fourth-order valence-corrected chi connectivity index (χ4v) is 5.36. The van der Waals surface area contributed by atoms with Gasteiger partial charge >= 0.3 is 0 Å². The molecule has 1 amide bonds. The molecule has 0 N–H and O–H groups in total. The molecule has 1 aromatic heterocycles. The molecule has 0 aliphatic rings. The van der Waals surface area contributed by atoms with Gasteiger partial charge in [0.05, 0.1) is 16.8 Å². The summed E-state index contributed by atoms with van der Waals surface area (Å²) in [6.07, 6.45) is 1.14. The van der Waals surface area contributed by atoms with Gasteiger partial charge in [0, 0.05) is 16.3 Å². The lowest BCUT2D eigenvalue weighted by atomic mass is 10.2. The number of amides is 1. The number of hydrogen-bond acceptors (Lipinski definition) is 4. The number of halogens is 2. The quantitative estimate of drug-likeness (QED) is 0.192. The van der Waals surface area contributed by atoms with E-state index in [4.69, 9.17) is 16.6 Å². The number of carbonyl (C=O) groups excluding carboxylic acids is 1. The molecule has 3 aromatic carbocycles.